The van der Waals surface area contributed by atoms with E-state index in [1.54, 1.807) is 11.3 Å². The number of nitrogens with zero attached hydrogens (tertiary/aromatic N) is 1. The molecule has 1 aromatic heterocycles. The molecule has 2 rings (SSSR count). The maximum Gasteiger partial charge on any atom is 0.191 e. The highest BCUT2D eigenvalue weighted by molar-refractivity contribution is 14.0. The second-order valence-electron chi connectivity index (χ2n) is 6.11. The molecular weight excluding hydrogens is 485 g/mol. The predicted octanol–water partition coefficient (Wildman–Crippen LogP) is 4.39. The number of thiophene rings is 1. The summed E-state index contributed by atoms with van der Waals surface area (Å²) in [6.45, 7) is 10.2. The van der Waals surface area contributed by atoms with Crippen molar-refractivity contribution in [3.05, 3.63) is 51.7 Å². The lowest BCUT2D eigenvalue weighted by Gasteiger charge is -2.13. The van der Waals surface area contributed by atoms with E-state index in [2.05, 4.69) is 60.2 Å². The highest BCUT2D eigenvalue weighted by atomic mass is 127. The summed E-state index contributed by atoms with van der Waals surface area (Å²) in [5.41, 5.74) is 2.25. The molecule has 5 nitrogen and oxygen atoms in total. The van der Waals surface area contributed by atoms with Crippen LogP contribution in [0.1, 0.15) is 29.9 Å². The highest BCUT2D eigenvalue weighted by Crippen LogP contribution is 2.21. The number of guanidine groups is 1. The van der Waals surface area contributed by atoms with Crippen LogP contribution in [-0.2, 0) is 17.7 Å². The van der Waals surface area contributed by atoms with E-state index in [0.717, 1.165) is 36.8 Å². The number of halogens is 1. The van der Waals surface area contributed by atoms with Gasteiger partial charge in [-0.3, -0.25) is 0 Å². The fourth-order valence-corrected chi connectivity index (χ4v) is 3.26. The van der Waals surface area contributed by atoms with E-state index in [4.69, 9.17) is 14.5 Å². The van der Waals surface area contributed by atoms with Gasteiger partial charge in [-0.1, -0.05) is 18.2 Å². The Bertz CT molecular complexity index is 693. The van der Waals surface area contributed by atoms with Gasteiger partial charge in [-0.15, -0.1) is 35.3 Å². The molecule has 0 radical (unpaired) electrons. The number of hydrogen-bond donors (Lipinski definition) is 2. The minimum atomic E-state index is 0. The molecule has 28 heavy (non-hydrogen) atoms. The van der Waals surface area contributed by atoms with E-state index in [-0.39, 0.29) is 24.0 Å². The van der Waals surface area contributed by atoms with Crippen molar-refractivity contribution in [1.82, 2.24) is 10.6 Å². The van der Waals surface area contributed by atoms with Crippen molar-refractivity contribution in [3.63, 3.8) is 0 Å². The largest absolute Gasteiger partial charge is 0.491 e. The van der Waals surface area contributed by atoms with Gasteiger partial charge in [0.05, 0.1) is 13.2 Å². The summed E-state index contributed by atoms with van der Waals surface area (Å²) in [5.74, 6) is 1.71. The van der Waals surface area contributed by atoms with Crippen molar-refractivity contribution in [2.24, 2.45) is 4.99 Å². The molecule has 2 N–H and O–H groups in total. The van der Waals surface area contributed by atoms with E-state index >= 15 is 0 Å². The quantitative estimate of drug-likeness (QED) is 0.201. The minimum absolute atomic E-state index is 0. The molecule has 0 bridgehead atoms. The van der Waals surface area contributed by atoms with Gasteiger partial charge in [-0.2, -0.15) is 0 Å². The van der Waals surface area contributed by atoms with E-state index in [9.17, 15) is 0 Å². The lowest BCUT2D eigenvalue weighted by atomic mass is 10.1. The summed E-state index contributed by atoms with van der Waals surface area (Å²) in [6, 6.07) is 10.5. The van der Waals surface area contributed by atoms with Gasteiger partial charge >= 0.3 is 0 Å². The van der Waals surface area contributed by atoms with Crippen LogP contribution in [0.2, 0.25) is 0 Å². The first kappa shape index (κ1) is 24.7. The van der Waals surface area contributed by atoms with Crippen molar-refractivity contribution in [2.45, 2.75) is 33.7 Å². The standard InChI is InChI=1S/C21H31N3O2S.HI/c1-4-22-21(23-11-10-19-7-6-14-27-19)24-16-18-9-8-17(3)15-20(18)26-13-12-25-5-2;/h6-9,14-15H,4-5,10-13,16H2,1-3H3,(H2,22,23,24);1H. The molecule has 0 aliphatic heterocycles. The molecule has 0 aliphatic rings. The Balaban J connectivity index is 0.00000392. The molecule has 0 fully saturated rings. The molecule has 1 aromatic carbocycles. The molecule has 0 amide bonds. The number of ether oxygens (including phenoxy) is 2. The van der Waals surface area contributed by atoms with E-state index in [0.29, 0.717) is 26.4 Å². The first-order chi connectivity index (χ1) is 13.2. The molecule has 0 aliphatic carbocycles. The number of aryl methyl sites for hydroxylation is 1. The van der Waals surface area contributed by atoms with Crippen molar-refractivity contribution in [3.8, 4) is 5.75 Å². The van der Waals surface area contributed by atoms with Gasteiger partial charge in [0.1, 0.15) is 12.4 Å². The lowest BCUT2D eigenvalue weighted by molar-refractivity contribution is 0.110. The Hall–Kier alpha value is -1.32. The first-order valence-corrected chi connectivity index (χ1v) is 10.5. The zero-order chi connectivity index (χ0) is 19.3. The summed E-state index contributed by atoms with van der Waals surface area (Å²) in [4.78, 5) is 6.10. The minimum Gasteiger partial charge on any atom is -0.491 e. The van der Waals surface area contributed by atoms with Gasteiger partial charge in [0, 0.05) is 30.1 Å². The molecular formula is C21H32IN3O2S. The summed E-state index contributed by atoms with van der Waals surface area (Å²) in [6.07, 6.45) is 0.998. The van der Waals surface area contributed by atoms with Gasteiger partial charge < -0.3 is 20.1 Å². The Morgan fingerprint density at radius 3 is 2.71 bits per heavy atom. The molecule has 0 saturated heterocycles. The molecule has 7 heteroatoms. The van der Waals surface area contributed by atoms with Crippen molar-refractivity contribution in [2.75, 3.05) is 32.9 Å². The van der Waals surface area contributed by atoms with Crippen LogP contribution >= 0.6 is 35.3 Å². The molecule has 0 unspecified atom stereocenters. The number of nitrogens with one attached hydrogen (secondary N) is 2. The van der Waals surface area contributed by atoms with E-state index < -0.39 is 0 Å². The Labute approximate surface area is 190 Å². The molecule has 0 saturated carbocycles. The van der Waals surface area contributed by atoms with E-state index in [1.807, 2.05) is 6.92 Å². The molecule has 0 atom stereocenters. The normalized spacial score (nSPS) is 11.0. The molecule has 0 spiro atoms. The van der Waals surface area contributed by atoms with Gasteiger partial charge in [-0.25, -0.2) is 4.99 Å². The fraction of sp³-hybridized carbons (Fsp3) is 0.476. The van der Waals surface area contributed by atoms with Crippen LogP contribution < -0.4 is 15.4 Å². The summed E-state index contributed by atoms with van der Waals surface area (Å²) in [5, 5.41) is 8.82. The third kappa shape index (κ3) is 9.25. The molecule has 1 heterocycles. The average molecular weight is 517 g/mol. The van der Waals surface area contributed by atoms with Crippen LogP contribution in [-0.4, -0.2) is 38.9 Å². The van der Waals surface area contributed by atoms with Crippen molar-refractivity contribution >= 4 is 41.3 Å². The van der Waals surface area contributed by atoms with Crippen LogP contribution in [0.5, 0.6) is 5.75 Å². The van der Waals surface area contributed by atoms with Gasteiger partial charge in [0.15, 0.2) is 5.96 Å². The number of aliphatic imine (C=N–C) groups is 1. The maximum atomic E-state index is 5.91. The number of rotatable bonds is 11. The Kier molecular flexibility index (Phi) is 12.9. The van der Waals surface area contributed by atoms with Crippen molar-refractivity contribution in [1.29, 1.82) is 0 Å². The van der Waals surface area contributed by atoms with Crippen LogP contribution in [0.3, 0.4) is 0 Å². The monoisotopic (exact) mass is 517 g/mol. The first-order valence-electron chi connectivity index (χ1n) is 9.57. The molecule has 156 valence electrons. The highest BCUT2D eigenvalue weighted by Gasteiger charge is 2.05. The summed E-state index contributed by atoms with van der Waals surface area (Å²) < 4.78 is 11.3. The van der Waals surface area contributed by atoms with Gasteiger partial charge in [0.25, 0.3) is 0 Å². The molecule has 2 aromatic rings. The van der Waals surface area contributed by atoms with Gasteiger partial charge in [-0.05, 0) is 50.3 Å². The Morgan fingerprint density at radius 2 is 2.00 bits per heavy atom. The zero-order valence-electron chi connectivity index (χ0n) is 17.0. The number of hydrogen-bond acceptors (Lipinski definition) is 4. The van der Waals surface area contributed by atoms with Crippen LogP contribution in [0.25, 0.3) is 0 Å². The average Bonchev–Trinajstić information content (AvgIpc) is 3.18. The topological polar surface area (TPSA) is 54.9 Å². The lowest BCUT2D eigenvalue weighted by Crippen LogP contribution is -2.38. The van der Waals surface area contributed by atoms with Crippen LogP contribution in [0.15, 0.2) is 40.7 Å². The second-order valence-corrected chi connectivity index (χ2v) is 7.14. The maximum absolute atomic E-state index is 5.91. The number of benzene rings is 1. The fourth-order valence-electron chi connectivity index (χ4n) is 2.55. The van der Waals surface area contributed by atoms with Crippen LogP contribution in [0, 0.1) is 6.92 Å². The van der Waals surface area contributed by atoms with Crippen LogP contribution in [0.4, 0.5) is 0 Å². The zero-order valence-corrected chi connectivity index (χ0v) is 20.1. The summed E-state index contributed by atoms with van der Waals surface area (Å²) >= 11 is 1.79. The third-order valence-electron chi connectivity index (χ3n) is 3.91. The SMILES string of the molecule is CCNC(=NCc1ccc(C)cc1OCCOCC)NCCc1cccs1.I. The predicted molar refractivity (Wildman–Crippen MR) is 129 cm³/mol. The summed E-state index contributed by atoms with van der Waals surface area (Å²) in [7, 11) is 0. The third-order valence-corrected chi connectivity index (χ3v) is 4.84. The van der Waals surface area contributed by atoms with E-state index in [1.165, 1.54) is 10.4 Å². The van der Waals surface area contributed by atoms with Gasteiger partial charge in [0.2, 0.25) is 0 Å². The Morgan fingerprint density at radius 1 is 1.14 bits per heavy atom. The van der Waals surface area contributed by atoms with Crippen molar-refractivity contribution < 1.29 is 9.47 Å². The smallest absolute Gasteiger partial charge is 0.191 e. The second kappa shape index (κ2) is 14.6.